The first-order valence-corrected chi connectivity index (χ1v) is 6.78. The monoisotopic (exact) mass is 265 g/mol. The molecule has 1 aliphatic heterocycles. The van der Waals surface area contributed by atoms with E-state index in [0.29, 0.717) is 11.9 Å². The minimum Gasteiger partial charge on any atom is -0.480 e. The van der Waals surface area contributed by atoms with Crippen molar-refractivity contribution in [1.82, 2.24) is 24.7 Å². The Bertz CT molecular complexity index is 517. The Balaban J connectivity index is 1.90. The van der Waals surface area contributed by atoms with Crippen LogP contribution < -0.4 is 10.1 Å². The van der Waals surface area contributed by atoms with Crippen LogP contribution in [0.25, 0.3) is 10.6 Å². The van der Waals surface area contributed by atoms with Crippen molar-refractivity contribution in [3.8, 4) is 16.5 Å². The van der Waals surface area contributed by atoms with Crippen LogP contribution in [0.3, 0.4) is 0 Å². The van der Waals surface area contributed by atoms with Gasteiger partial charge in [0.25, 0.3) is 0 Å². The molecule has 18 heavy (non-hydrogen) atoms. The van der Waals surface area contributed by atoms with E-state index in [-0.39, 0.29) is 0 Å². The smallest absolute Gasteiger partial charge is 0.225 e. The van der Waals surface area contributed by atoms with Gasteiger partial charge in [-0.2, -0.15) is 4.37 Å². The molecule has 2 aromatic rings. The molecule has 3 heterocycles. The number of ether oxygens (including phenoxy) is 1. The molecule has 0 aliphatic carbocycles. The Kier molecular flexibility index (Phi) is 3.24. The summed E-state index contributed by atoms with van der Waals surface area (Å²) >= 11 is 1.42. The zero-order chi connectivity index (χ0) is 12.4. The number of methoxy groups -OCH3 is 1. The molecule has 7 heteroatoms. The zero-order valence-corrected chi connectivity index (χ0v) is 11.0. The summed E-state index contributed by atoms with van der Waals surface area (Å²) in [5, 5.41) is 11.6. The largest absolute Gasteiger partial charge is 0.480 e. The molecule has 6 nitrogen and oxygen atoms in total. The molecule has 0 atom stereocenters. The molecule has 1 aliphatic rings. The van der Waals surface area contributed by atoms with Gasteiger partial charge in [0, 0.05) is 6.07 Å². The number of piperidine rings is 1. The van der Waals surface area contributed by atoms with Crippen LogP contribution in [0, 0.1) is 0 Å². The van der Waals surface area contributed by atoms with E-state index in [2.05, 4.69) is 20.0 Å². The molecule has 0 unspecified atom stereocenters. The molecule has 0 amide bonds. The highest BCUT2D eigenvalue weighted by molar-refractivity contribution is 7.09. The molecule has 1 saturated heterocycles. The van der Waals surface area contributed by atoms with Gasteiger partial charge in [0.15, 0.2) is 0 Å². The second-order valence-electron chi connectivity index (χ2n) is 4.28. The fourth-order valence-electron chi connectivity index (χ4n) is 2.22. The first kappa shape index (κ1) is 11.6. The second-order valence-corrected chi connectivity index (χ2v) is 5.08. The van der Waals surface area contributed by atoms with Crippen LogP contribution in [-0.4, -0.2) is 39.6 Å². The lowest BCUT2D eigenvalue weighted by molar-refractivity contribution is 0.340. The molecule has 96 valence electrons. The summed E-state index contributed by atoms with van der Waals surface area (Å²) in [6, 6.07) is 2.36. The van der Waals surface area contributed by atoms with Gasteiger partial charge in [0.1, 0.15) is 5.69 Å². The molecular weight excluding hydrogens is 250 g/mol. The first-order chi connectivity index (χ1) is 8.88. The van der Waals surface area contributed by atoms with Crippen molar-refractivity contribution in [2.24, 2.45) is 0 Å². The van der Waals surface area contributed by atoms with Crippen LogP contribution in [-0.2, 0) is 0 Å². The molecule has 0 aromatic carbocycles. The highest BCUT2D eigenvalue weighted by Gasteiger charge is 2.20. The molecular formula is C11H15N5OS. The maximum absolute atomic E-state index is 5.12. The van der Waals surface area contributed by atoms with Crippen molar-refractivity contribution >= 4 is 11.5 Å². The Labute approximate surface area is 109 Å². The quantitative estimate of drug-likeness (QED) is 0.907. The van der Waals surface area contributed by atoms with Crippen LogP contribution in [0.4, 0.5) is 0 Å². The van der Waals surface area contributed by atoms with Crippen molar-refractivity contribution < 1.29 is 4.74 Å². The van der Waals surface area contributed by atoms with Gasteiger partial charge >= 0.3 is 0 Å². The van der Waals surface area contributed by atoms with E-state index in [0.717, 1.165) is 36.5 Å². The predicted molar refractivity (Wildman–Crippen MR) is 68.8 cm³/mol. The lowest BCUT2D eigenvalue weighted by Crippen LogP contribution is -2.30. The standard InChI is InChI=1S/C11H15N5OS/c1-17-11-6-10(18-14-11)9-7-13-15-16(9)8-2-4-12-5-3-8/h6-8,12H,2-5H2,1H3. The lowest BCUT2D eigenvalue weighted by Gasteiger charge is -2.23. The Hall–Kier alpha value is -1.47. The van der Waals surface area contributed by atoms with Gasteiger partial charge in [0.2, 0.25) is 5.88 Å². The summed E-state index contributed by atoms with van der Waals surface area (Å²) in [5.74, 6) is 0.646. The maximum Gasteiger partial charge on any atom is 0.225 e. The maximum atomic E-state index is 5.12. The average molecular weight is 265 g/mol. The molecule has 3 rings (SSSR count). The van der Waals surface area contributed by atoms with Gasteiger partial charge in [-0.1, -0.05) is 5.21 Å². The van der Waals surface area contributed by atoms with Crippen LogP contribution in [0.5, 0.6) is 5.88 Å². The molecule has 1 fully saturated rings. The highest BCUT2D eigenvalue weighted by atomic mass is 32.1. The minimum atomic E-state index is 0.428. The number of nitrogens with one attached hydrogen (secondary N) is 1. The van der Waals surface area contributed by atoms with Gasteiger partial charge in [-0.15, -0.1) is 5.10 Å². The fraction of sp³-hybridized carbons (Fsp3) is 0.545. The third-order valence-corrected chi connectivity index (χ3v) is 3.97. The molecule has 1 N–H and O–H groups in total. The third-order valence-electron chi connectivity index (χ3n) is 3.18. The highest BCUT2D eigenvalue weighted by Crippen LogP contribution is 2.30. The lowest BCUT2D eigenvalue weighted by atomic mass is 10.1. The van der Waals surface area contributed by atoms with E-state index in [4.69, 9.17) is 4.74 Å². The molecule has 0 saturated carbocycles. The normalized spacial score (nSPS) is 16.9. The van der Waals surface area contributed by atoms with Gasteiger partial charge < -0.3 is 10.1 Å². The van der Waals surface area contributed by atoms with E-state index in [1.165, 1.54) is 11.5 Å². The topological polar surface area (TPSA) is 64.9 Å². The first-order valence-electron chi connectivity index (χ1n) is 6.00. The van der Waals surface area contributed by atoms with E-state index in [9.17, 15) is 0 Å². The Morgan fingerprint density at radius 3 is 3.00 bits per heavy atom. The van der Waals surface area contributed by atoms with Crippen LogP contribution >= 0.6 is 11.5 Å². The van der Waals surface area contributed by atoms with Crippen molar-refractivity contribution in [2.45, 2.75) is 18.9 Å². The minimum absolute atomic E-state index is 0.428. The molecule has 0 bridgehead atoms. The van der Waals surface area contributed by atoms with Crippen LogP contribution in [0.2, 0.25) is 0 Å². The number of hydrogen-bond donors (Lipinski definition) is 1. The van der Waals surface area contributed by atoms with Crippen LogP contribution in [0.1, 0.15) is 18.9 Å². The van der Waals surface area contributed by atoms with Gasteiger partial charge in [-0.05, 0) is 37.5 Å². The van der Waals surface area contributed by atoms with Crippen molar-refractivity contribution in [3.05, 3.63) is 12.3 Å². The number of rotatable bonds is 3. The van der Waals surface area contributed by atoms with Crippen molar-refractivity contribution in [1.29, 1.82) is 0 Å². The summed E-state index contributed by atoms with van der Waals surface area (Å²) in [4.78, 5) is 1.05. The van der Waals surface area contributed by atoms with E-state index < -0.39 is 0 Å². The van der Waals surface area contributed by atoms with E-state index in [1.807, 2.05) is 10.7 Å². The number of hydrogen-bond acceptors (Lipinski definition) is 6. The molecule has 2 aromatic heterocycles. The molecule has 0 radical (unpaired) electrons. The van der Waals surface area contributed by atoms with E-state index in [1.54, 1.807) is 13.3 Å². The van der Waals surface area contributed by atoms with Gasteiger partial charge in [-0.25, -0.2) is 4.68 Å². The number of nitrogens with zero attached hydrogens (tertiary/aromatic N) is 4. The number of aromatic nitrogens is 4. The van der Waals surface area contributed by atoms with E-state index >= 15 is 0 Å². The average Bonchev–Trinajstić information content (AvgIpc) is 3.08. The van der Waals surface area contributed by atoms with Crippen molar-refractivity contribution in [3.63, 3.8) is 0 Å². The fourth-order valence-corrected chi connectivity index (χ4v) is 2.93. The van der Waals surface area contributed by atoms with Gasteiger partial charge in [-0.3, -0.25) is 0 Å². The summed E-state index contributed by atoms with van der Waals surface area (Å²) in [6.07, 6.45) is 3.98. The molecule has 0 spiro atoms. The predicted octanol–water partition coefficient (Wildman–Crippen LogP) is 1.33. The summed E-state index contributed by atoms with van der Waals surface area (Å²) in [5.41, 5.74) is 1.03. The zero-order valence-electron chi connectivity index (χ0n) is 10.2. The van der Waals surface area contributed by atoms with Gasteiger partial charge in [0.05, 0.1) is 24.2 Å². The summed E-state index contributed by atoms with van der Waals surface area (Å²) in [6.45, 7) is 2.08. The second kappa shape index (κ2) is 5.03. The summed E-state index contributed by atoms with van der Waals surface area (Å²) < 4.78 is 11.4. The SMILES string of the molecule is COc1cc(-c2cnnn2C2CCNCC2)sn1. The summed E-state index contributed by atoms with van der Waals surface area (Å²) in [7, 11) is 1.63. The van der Waals surface area contributed by atoms with Crippen LogP contribution in [0.15, 0.2) is 12.3 Å². The van der Waals surface area contributed by atoms with Crippen molar-refractivity contribution in [2.75, 3.05) is 20.2 Å². The third kappa shape index (κ3) is 2.11. The Morgan fingerprint density at radius 1 is 1.44 bits per heavy atom. The Morgan fingerprint density at radius 2 is 2.28 bits per heavy atom.